The largest absolute Gasteiger partial charge is 0.492 e. The summed E-state index contributed by atoms with van der Waals surface area (Å²) in [4.78, 5) is 18.6. The topological polar surface area (TPSA) is 66.0 Å². The molecule has 6 nitrogen and oxygen atoms in total. The van der Waals surface area contributed by atoms with Crippen LogP contribution >= 0.6 is 0 Å². The number of carbonyl (C=O) groups is 1. The van der Waals surface area contributed by atoms with Crippen LogP contribution in [0.3, 0.4) is 0 Å². The molecule has 3 rings (SSSR count). The van der Waals surface area contributed by atoms with Gasteiger partial charge in [0.2, 0.25) is 5.91 Å². The first-order valence-corrected chi connectivity index (χ1v) is 11.0. The van der Waals surface area contributed by atoms with Crippen molar-refractivity contribution in [1.29, 1.82) is 0 Å². The number of likely N-dealkylation sites (tertiary alicyclic amines) is 1. The maximum absolute atomic E-state index is 12.3. The Hall–Kier alpha value is -3.02. The lowest BCUT2D eigenvalue weighted by molar-refractivity contribution is -0.127. The van der Waals surface area contributed by atoms with Crippen LogP contribution in [-0.2, 0) is 11.2 Å². The van der Waals surface area contributed by atoms with Crippen molar-refractivity contribution in [3.63, 3.8) is 0 Å². The number of hydrogen-bond donors (Lipinski definition) is 2. The average molecular weight is 423 g/mol. The van der Waals surface area contributed by atoms with E-state index in [2.05, 4.69) is 47.7 Å². The summed E-state index contributed by atoms with van der Waals surface area (Å²) in [6, 6.07) is 16.5. The third kappa shape index (κ3) is 7.31. The molecule has 1 fully saturated rings. The van der Waals surface area contributed by atoms with Gasteiger partial charge in [0.15, 0.2) is 5.96 Å². The Bertz CT molecular complexity index is 862. The zero-order valence-corrected chi connectivity index (χ0v) is 18.9. The predicted octanol–water partition coefficient (Wildman–Crippen LogP) is 2.94. The lowest BCUT2D eigenvalue weighted by Crippen LogP contribution is -2.41. The first-order chi connectivity index (χ1) is 15.0. The van der Waals surface area contributed by atoms with Gasteiger partial charge in [-0.05, 0) is 49.1 Å². The van der Waals surface area contributed by atoms with E-state index < -0.39 is 0 Å². The van der Waals surface area contributed by atoms with Gasteiger partial charge in [-0.2, -0.15) is 0 Å². The van der Waals surface area contributed by atoms with Gasteiger partial charge in [-0.15, -0.1) is 0 Å². The average Bonchev–Trinajstić information content (AvgIpc) is 3.11. The van der Waals surface area contributed by atoms with Gasteiger partial charge >= 0.3 is 0 Å². The van der Waals surface area contributed by atoms with Crippen molar-refractivity contribution in [3.8, 4) is 5.75 Å². The van der Waals surface area contributed by atoms with E-state index in [4.69, 9.17) is 4.74 Å². The summed E-state index contributed by atoms with van der Waals surface area (Å²) in [5, 5.41) is 6.62. The lowest BCUT2D eigenvalue weighted by atomic mass is 10.1. The van der Waals surface area contributed by atoms with Crippen LogP contribution in [0.15, 0.2) is 53.5 Å². The van der Waals surface area contributed by atoms with Gasteiger partial charge in [-0.1, -0.05) is 36.4 Å². The standard InChI is InChI=1S/C25H34N4O2/c1-19-13-20(2)15-23(14-19)31-12-10-27-25(26-3)28-17-22-16-24(30)29(18-22)11-9-21-7-5-4-6-8-21/h4-8,13-15,22H,9-12,16-18H2,1-3H3,(H2,26,27,28). The Labute approximate surface area is 185 Å². The first-order valence-electron chi connectivity index (χ1n) is 11.0. The van der Waals surface area contributed by atoms with Crippen molar-refractivity contribution in [2.75, 3.05) is 39.8 Å². The SMILES string of the molecule is CN=C(NCCOc1cc(C)cc(C)c1)NCC1CC(=O)N(CCc2ccccc2)C1. The molecule has 0 saturated carbocycles. The third-order valence-electron chi connectivity index (χ3n) is 5.45. The number of aryl methyl sites for hydroxylation is 2. The molecule has 166 valence electrons. The molecule has 0 radical (unpaired) electrons. The van der Waals surface area contributed by atoms with Crippen LogP contribution in [0.25, 0.3) is 0 Å². The molecule has 31 heavy (non-hydrogen) atoms. The number of hydrogen-bond acceptors (Lipinski definition) is 3. The fraction of sp³-hybridized carbons (Fsp3) is 0.440. The minimum atomic E-state index is 0.243. The van der Waals surface area contributed by atoms with Crippen LogP contribution in [0.4, 0.5) is 0 Å². The minimum absolute atomic E-state index is 0.243. The van der Waals surface area contributed by atoms with Gasteiger partial charge in [0.25, 0.3) is 0 Å². The van der Waals surface area contributed by atoms with Crippen molar-refractivity contribution >= 4 is 11.9 Å². The summed E-state index contributed by atoms with van der Waals surface area (Å²) in [5.74, 6) is 2.17. The van der Waals surface area contributed by atoms with Crippen LogP contribution in [0, 0.1) is 19.8 Å². The highest BCUT2D eigenvalue weighted by Crippen LogP contribution is 2.18. The van der Waals surface area contributed by atoms with E-state index in [1.807, 2.05) is 35.2 Å². The molecule has 6 heteroatoms. The van der Waals surface area contributed by atoms with Gasteiger partial charge < -0.3 is 20.3 Å². The van der Waals surface area contributed by atoms with Gasteiger partial charge in [0.05, 0.1) is 6.54 Å². The highest BCUT2D eigenvalue weighted by atomic mass is 16.5. The zero-order valence-electron chi connectivity index (χ0n) is 18.9. The van der Waals surface area contributed by atoms with E-state index >= 15 is 0 Å². The Balaban J connectivity index is 1.35. The van der Waals surface area contributed by atoms with Gasteiger partial charge in [0, 0.05) is 39.0 Å². The normalized spacial score (nSPS) is 16.5. The molecule has 2 aromatic carbocycles. The molecule has 0 spiro atoms. The van der Waals surface area contributed by atoms with Gasteiger partial charge in [-0.3, -0.25) is 9.79 Å². The highest BCUT2D eigenvalue weighted by molar-refractivity contribution is 5.80. The number of nitrogens with one attached hydrogen (secondary N) is 2. The summed E-state index contributed by atoms with van der Waals surface area (Å²) in [5.41, 5.74) is 3.67. The molecule has 0 aromatic heterocycles. The van der Waals surface area contributed by atoms with Crippen LogP contribution in [0.1, 0.15) is 23.1 Å². The summed E-state index contributed by atoms with van der Waals surface area (Å²) in [7, 11) is 1.76. The second kappa shape index (κ2) is 11.4. The first kappa shape index (κ1) is 22.7. The second-order valence-corrected chi connectivity index (χ2v) is 8.20. The fourth-order valence-corrected chi connectivity index (χ4v) is 3.93. The van der Waals surface area contributed by atoms with E-state index in [0.717, 1.165) is 37.8 Å². The summed E-state index contributed by atoms with van der Waals surface area (Å²) in [6.07, 6.45) is 1.49. The number of nitrogens with zero attached hydrogens (tertiary/aromatic N) is 2. The van der Waals surface area contributed by atoms with Crippen LogP contribution in [0.5, 0.6) is 5.75 Å². The third-order valence-corrected chi connectivity index (χ3v) is 5.45. The smallest absolute Gasteiger partial charge is 0.223 e. The molecule has 1 heterocycles. The number of rotatable bonds is 9. The van der Waals surface area contributed by atoms with Gasteiger partial charge in [-0.25, -0.2) is 0 Å². The maximum Gasteiger partial charge on any atom is 0.223 e. The van der Waals surface area contributed by atoms with Crippen molar-refractivity contribution in [2.24, 2.45) is 10.9 Å². The molecule has 2 N–H and O–H groups in total. The van der Waals surface area contributed by atoms with E-state index in [9.17, 15) is 4.79 Å². The number of carbonyl (C=O) groups excluding carboxylic acids is 1. The maximum atomic E-state index is 12.3. The summed E-state index contributed by atoms with van der Waals surface area (Å²) in [6.45, 7) is 7.65. The number of ether oxygens (including phenoxy) is 1. The van der Waals surface area contributed by atoms with Crippen LogP contribution in [-0.4, -0.2) is 56.6 Å². The predicted molar refractivity (Wildman–Crippen MR) is 126 cm³/mol. The number of benzene rings is 2. The molecular weight excluding hydrogens is 388 g/mol. The zero-order chi connectivity index (χ0) is 22.1. The van der Waals surface area contributed by atoms with Crippen LogP contribution in [0.2, 0.25) is 0 Å². The molecule has 1 aliphatic rings. The fourth-order valence-electron chi connectivity index (χ4n) is 3.93. The van der Waals surface area contributed by atoms with Crippen molar-refractivity contribution in [3.05, 3.63) is 65.2 Å². The van der Waals surface area contributed by atoms with Crippen LogP contribution < -0.4 is 15.4 Å². The molecule has 1 aliphatic heterocycles. The molecule has 1 saturated heterocycles. The summed E-state index contributed by atoms with van der Waals surface area (Å²) < 4.78 is 5.84. The molecule has 2 aromatic rings. The van der Waals surface area contributed by atoms with E-state index in [0.29, 0.717) is 25.5 Å². The molecule has 1 unspecified atom stereocenters. The molecule has 0 aliphatic carbocycles. The van der Waals surface area contributed by atoms with Crippen molar-refractivity contribution < 1.29 is 9.53 Å². The molecular formula is C25H34N4O2. The Morgan fingerprint density at radius 2 is 1.87 bits per heavy atom. The van der Waals surface area contributed by atoms with E-state index in [1.54, 1.807) is 7.05 Å². The Morgan fingerprint density at radius 3 is 2.58 bits per heavy atom. The number of aliphatic imine (C=N–C) groups is 1. The van der Waals surface area contributed by atoms with Crippen molar-refractivity contribution in [1.82, 2.24) is 15.5 Å². The Kier molecular flexibility index (Phi) is 8.33. The molecule has 1 amide bonds. The Morgan fingerprint density at radius 1 is 1.13 bits per heavy atom. The van der Waals surface area contributed by atoms with E-state index in [1.165, 1.54) is 16.7 Å². The van der Waals surface area contributed by atoms with Gasteiger partial charge in [0.1, 0.15) is 12.4 Å². The number of amides is 1. The lowest BCUT2D eigenvalue weighted by Gasteiger charge is -2.18. The molecule has 0 bridgehead atoms. The monoisotopic (exact) mass is 422 g/mol. The number of guanidine groups is 1. The highest BCUT2D eigenvalue weighted by Gasteiger charge is 2.29. The summed E-state index contributed by atoms with van der Waals surface area (Å²) >= 11 is 0. The minimum Gasteiger partial charge on any atom is -0.492 e. The van der Waals surface area contributed by atoms with Crippen molar-refractivity contribution in [2.45, 2.75) is 26.7 Å². The molecule has 1 atom stereocenters. The second-order valence-electron chi connectivity index (χ2n) is 8.20. The quantitative estimate of drug-likeness (QED) is 0.370. The van der Waals surface area contributed by atoms with E-state index in [-0.39, 0.29) is 5.91 Å².